The molecule has 2 heterocycles. The average molecular weight is 406 g/mol. The fourth-order valence-electron chi connectivity index (χ4n) is 3.49. The van der Waals surface area contributed by atoms with Gasteiger partial charge in [-0.05, 0) is 48.9 Å². The first kappa shape index (κ1) is 18.4. The molecule has 2 aromatic rings. The van der Waals surface area contributed by atoms with Crippen molar-refractivity contribution in [1.29, 1.82) is 0 Å². The minimum atomic E-state index is -0.526. The number of hydrogen-bond acceptors (Lipinski definition) is 4. The number of nitrogens with zero attached hydrogens (tertiary/aromatic N) is 2. The predicted octanol–water partition coefficient (Wildman–Crippen LogP) is 4.04. The highest BCUT2D eigenvalue weighted by Crippen LogP contribution is 2.38. The van der Waals surface area contributed by atoms with Crippen molar-refractivity contribution >= 4 is 40.5 Å². The molecule has 1 amide bonds. The van der Waals surface area contributed by atoms with E-state index in [1.807, 2.05) is 24.3 Å². The molecule has 7 heteroatoms. The van der Waals surface area contributed by atoms with Gasteiger partial charge in [0.1, 0.15) is 0 Å². The van der Waals surface area contributed by atoms with Gasteiger partial charge in [0.15, 0.2) is 11.9 Å². The number of piperazine rings is 1. The van der Waals surface area contributed by atoms with Crippen LogP contribution in [0.3, 0.4) is 0 Å². The molecule has 142 valence electrons. The molecule has 2 aromatic carbocycles. The Morgan fingerprint density at radius 1 is 1.11 bits per heavy atom. The van der Waals surface area contributed by atoms with Gasteiger partial charge in [-0.3, -0.25) is 9.69 Å². The van der Waals surface area contributed by atoms with Gasteiger partial charge >= 0.3 is 0 Å². The lowest BCUT2D eigenvalue weighted by atomic mass is 10.1. The third-order valence-electron chi connectivity index (χ3n) is 5.00. The average Bonchev–Trinajstić information content (AvgIpc) is 2.65. The summed E-state index contributed by atoms with van der Waals surface area (Å²) in [7, 11) is 0. The standard InChI is InChI=1S/C20H21Cl2N3O2/c1-13-20(26)23-18-11-14(10-17(22)19(18)27-13)12-24-6-8-25(9-7-24)16-4-2-15(21)3-5-16/h2-5,10-11,13H,6-9,12H2,1H3,(H,23,26). The Bertz CT molecular complexity index is 849. The molecule has 0 saturated carbocycles. The number of nitrogens with one attached hydrogen (secondary N) is 1. The van der Waals surface area contributed by atoms with Crippen LogP contribution >= 0.6 is 23.2 Å². The van der Waals surface area contributed by atoms with Crippen LogP contribution in [0.5, 0.6) is 5.75 Å². The number of amides is 1. The van der Waals surface area contributed by atoms with Crippen LogP contribution in [0.2, 0.25) is 10.0 Å². The van der Waals surface area contributed by atoms with Crippen LogP contribution in [0.4, 0.5) is 11.4 Å². The summed E-state index contributed by atoms with van der Waals surface area (Å²) in [5, 5.41) is 4.17. The lowest BCUT2D eigenvalue weighted by Crippen LogP contribution is -2.46. The van der Waals surface area contributed by atoms with Crippen LogP contribution < -0.4 is 15.0 Å². The molecule has 0 bridgehead atoms. The monoisotopic (exact) mass is 405 g/mol. The zero-order valence-corrected chi connectivity index (χ0v) is 16.6. The summed E-state index contributed by atoms with van der Waals surface area (Å²) in [6, 6.07) is 11.9. The maximum atomic E-state index is 11.9. The molecular formula is C20H21Cl2N3O2. The number of ether oxygens (including phenoxy) is 1. The zero-order chi connectivity index (χ0) is 19.0. The Balaban J connectivity index is 1.41. The fourth-order valence-corrected chi connectivity index (χ4v) is 3.90. The topological polar surface area (TPSA) is 44.8 Å². The molecule has 27 heavy (non-hydrogen) atoms. The molecule has 4 rings (SSSR count). The quantitative estimate of drug-likeness (QED) is 0.836. The van der Waals surface area contributed by atoms with E-state index in [2.05, 4.69) is 27.2 Å². The Morgan fingerprint density at radius 3 is 2.52 bits per heavy atom. The third-order valence-corrected chi connectivity index (χ3v) is 5.53. The second-order valence-electron chi connectivity index (χ2n) is 6.94. The normalized spacial score (nSPS) is 20.0. The SMILES string of the molecule is CC1Oc2c(Cl)cc(CN3CCN(c4ccc(Cl)cc4)CC3)cc2NC1=O. The molecular weight excluding hydrogens is 385 g/mol. The van der Waals surface area contributed by atoms with Crippen LogP contribution in [-0.4, -0.2) is 43.1 Å². The molecule has 1 N–H and O–H groups in total. The minimum absolute atomic E-state index is 0.146. The molecule has 1 saturated heterocycles. The number of hydrogen-bond donors (Lipinski definition) is 1. The molecule has 1 fully saturated rings. The van der Waals surface area contributed by atoms with Crippen molar-refractivity contribution in [2.24, 2.45) is 0 Å². The van der Waals surface area contributed by atoms with Gasteiger partial charge in [0.25, 0.3) is 5.91 Å². The lowest BCUT2D eigenvalue weighted by Gasteiger charge is -2.36. The summed E-state index contributed by atoms with van der Waals surface area (Å²) >= 11 is 12.4. The molecule has 5 nitrogen and oxygen atoms in total. The highest BCUT2D eigenvalue weighted by atomic mass is 35.5. The van der Waals surface area contributed by atoms with E-state index in [0.29, 0.717) is 16.5 Å². The smallest absolute Gasteiger partial charge is 0.265 e. The first-order chi connectivity index (χ1) is 13.0. The van der Waals surface area contributed by atoms with E-state index >= 15 is 0 Å². The van der Waals surface area contributed by atoms with Gasteiger partial charge in [-0.15, -0.1) is 0 Å². The van der Waals surface area contributed by atoms with Crippen LogP contribution in [0.15, 0.2) is 36.4 Å². The van der Waals surface area contributed by atoms with Gasteiger partial charge in [-0.25, -0.2) is 0 Å². The highest BCUT2D eigenvalue weighted by Gasteiger charge is 2.26. The molecule has 1 atom stereocenters. The van der Waals surface area contributed by atoms with Gasteiger partial charge < -0.3 is 15.0 Å². The Labute approximate surface area is 168 Å². The lowest BCUT2D eigenvalue weighted by molar-refractivity contribution is -0.122. The van der Waals surface area contributed by atoms with Crippen LogP contribution in [0, 0.1) is 0 Å². The summed E-state index contributed by atoms with van der Waals surface area (Å²) < 4.78 is 5.62. The maximum absolute atomic E-state index is 11.9. The van der Waals surface area contributed by atoms with E-state index in [4.69, 9.17) is 27.9 Å². The Morgan fingerprint density at radius 2 is 1.81 bits per heavy atom. The first-order valence-corrected chi connectivity index (χ1v) is 9.78. The number of fused-ring (bicyclic) bond motifs is 1. The summed E-state index contributed by atoms with van der Waals surface area (Å²) in [5.41, 5.74) is 2.92. The summed E-state index contributed by atoms with van der Waals surface area (Å²) in [6.45, 7) is 6.32. The summed E-state index contributed by atoms with van der Waals surface area (Å²) in [5.74, 6) is 0.410. The van der Waals surface area contributed by atoms with E-state index in [-0.39, 0.29) is 5.91 Å². The van der Waals surface area contributed by atoms with E-state index in [1.165, 1.54) is 5.69 Å². The predicted molar refractivity (Wildman–Crippen MR) is 109 cm³/mol. The number of carbonyl (C=O) groups excluding carboxylic acids is 1. The molecule has 1 unspecified atom stereocenters. The van der Waals surface area contributed by atoms with Gasteiger partial charge in [0.05, 0.1) is 10.7 Å². The molecule has 0 aliphatic carbocycles. The van der Waals surface area contributed by atoms with E-state index < -0.39 is 6.10 Å². The van der Waals surface area contributed by atoms with Gasteiger partial charge in [0.2, 0.25) is 0 Å². The number of anilines is 2. The first-order valence-electron chi connectivity index (χ1n) is 9.02. The molecule has 0 spiro atoms. The maximum Gasteiger partial charge on any atom is 0.265 e. The number of halogens is 2. The number of benzene rings is 2. The molecule has 2 aliphatic rings. The Hall–Kier alpha value is -1.95. The minimum Gasteiger partial charge on any atom is -0.477 e. The zero-order valence-electron chi connectivity index (χ0n) is 15.0. The van der Waals surface area contributed by atoms with Crippen molar-refractivity contribution in [3.63, 3.8) is 0 Å². The van der Waals surface area contributed by atoms with E-state index in [1.54, 1.807) is 6.92 Å². The van der Waals surface area contributed by atoms with Crippen LogP contribution in [0.25, 0.3) is 0 Å². The van der Waals surface area contributed by atoms with Gasteiger partial charge in [-0.1, -0.05) is 23.2 Å². The second-order valence-corrected chi connectivity index (χ2v) is 7.79. The largest absolute Gasteiger partial charge is 0.477 e. The van der Waals surface area contributed by atoms with Gasteiger partial charge in [0, 0.05) is 43.4 Å². The molecule has 2 aliphatic heterocycles. The fraction of sp³-hybridized carbons (Fsp3) is 0.350. The summed E-state index contributed by atoms with van der Waals surface area (Å²) in [6.07, 6.45) is -0.526. The van der Waals surface area contributed by atoms with Crippen LogP contribution in [-0.2, 0) is 11.3 Å². The third kappa shape index (κ3) is 4.00. The summed E-state index contributed by atoms with van der Waals surface area (Å²) in [4.78, 5) is 16.6. The molecule has 0 radical (unpaired) electrons. The second kappa shape index (κ2) is 7.58. The highest BCUT2D eigenvalue weighted by molar-refractivity contribution is 6.33. The van der Waals surface area contributed by atoms with Crippen molar-refractivity contribution in [2.45, 2.75) is 19.6 Å². The van der Waals surface area contributed by atoms with Crippen molar-refractivity contribution in [3.05, 3.63) is 52.0 Å². The Kier molecular flexibility index (Phi) is 5.17. The van der Waals surface area contributed by atoms with Crippen molar-refractivity contribution < 1.29 is 9.53 Å². The van der Waals surface area contributed by atoms with E-state index in [9.17, 15) is 4.79 Å². The van der Waals surface area contributed by atoms with Gasteiger partial charge in [-0.2, -0.15) is 0 Å². The number of rotatable bonds is 3. The van der Waals surface area contributed by atoms with E-state index in [0.717, 1.165) is 43.3 Å². The van der Waals surface area contributed by atoms with Crippen molar-refractivity contribution in [1.82, 2.24) is 4.90 Å². The number of carbonyl (C=O) groups is 1. The van der Waals surface area contributed by atoms with Crippen LogP contribution in [0.1, 0.15) is 12.5 Å². The molecule has 0 aromatic heterocycles. The van der Waals surface area contributed by atoms with Crippen molar-refractivity contribution in [3.8, 4) is 5.75 Å². The van der Waals surface area contributed by atoms with Crippen molar-refractivity contribution in [2.75, 3.05) is 36.4 Å².